The molecule has 6 heteroatoms. The normalized spacial score (nSPS) is 16.9. The molecule has 0 spiro atoms. The van der Waals surface area contributed by atoms with Gasteiger partial charge in [-0.15, -0.1) is 0 Å². The molecular weight excluding hydrogens is 316 g/mol. The van der Waals surface area contributed by atoms with Gasteiger partial charge in [-0.1, -0.05) is 20.8 Å². The number of hydrogen-bond acceptors (Lipinski definition) is 4. The van der Waals surface area contributed by atoms with Crippen molar-refractivity contribution >= 4 is 16.9 Å². The van der Waals surface area contributed by atoms with Gasteiger partial charge >= 0.3 is 0 Å². The summed E-state index contributed by atoms with van der Waals surface area (Å²) >= 11 is 0. The lowest BCUT2D eigenvalue weighted by atomic mass is 9.87. The molecule has 25 heavy (non-hydrogen) atoms. The van der Waals surface area contributed by atoms with Gasteiger partial charge in [0, 0.05) is 12.2 Å². The van der Waals surface area contributed by atoms with Gasteiger partial charge in [0.05, 0.1) is 5.39 Å². The third-order valence-electron chi connectivity index (χ3n) is 4.78. The summed E-state index contributed by atoms with van der Waals surface area (Å²) in [6.45, 7) is 7.06. The lowest BCUT2D eigenvalue weighted by Gasteiger charge is -2.20. The van der Waals surface area contributed by atoms with Gasteiger partial charge in [0.2, 0.25) is 5.91 Å². The Morgan fingerprint density at radius 3 is 3.00 bits per heavy atom. The third-order valence-corrected chi connectivity index (χ3v) is 4.78. The van der Waals surface area contributed by atoms with Crippen molar-refractivity contribution in [3.8, 4) is 0 Å². The van der Waals surface area contributed by atoms with E-state index < -0.39 is 0 Å². The van der Waals surface area contributed by atoms with Gasteiger partial charge in [-0.3, -0.25) is 14.2 Å². The molecule has 134 valence electrons. The van der Waals surface area contributed by atoms with Crippen LogP contribution in [0.1, 0.15) is 44.9 Å². The molecule has 0 aromatic carbocycles. The molecule has 1 amide bonds. The predicted molar refractivity (Wildman–Crippen MR) is 97.5 cm³/mol. The van der Waals surface area contributed by atoms with Crippen LogP contribution < -0.4 is 10.9 Å². The maximum absolute atomic E-state index is 12.7. The van der Waals surface area contributed by atoms with Crippen LogP contribution in [-0.4, -0.2) is 27.0 Å². The summed E-state index contributed by atoms with van der Waals surface area (Å²) in [6.07, 6.45) is 5.36. The van der Waals surface area contributed by atoms with Crippen molar-refractivity contribution in [3.63, 3.8) is 0 Å². The number of hydrogen-bond donors (Lipinski definition) is 1. The highest BCUT2D eigenvalue weighted by Crippen LogP contribution is 2.25. The van der Waals surface area contributed by atoms with Crippen LogP contribution in [0.3, 0.4) is 0 Å². The minimum atomic E-state index is -0.197. The molecule has 0 saturated carbocycles. The molecule has 1 aliphatic rings. The number of aromatic nitrogens is 3. The quantitative estimate of drug-likeness (QED) is 0.902. The summed E-state index contributed by atoms with van der Waals surface area (Å²) in [6, 6.07) is 1.93. The van der Waals surface area contributed by atoms with Gasteiger partial charge in [-0.05, 0) is 49.1 Å². The van der Waals surface area contributed by atoms with Crippen molar-refractivity contribution < 1.29 is 4.79 Å². The van der Waals surface area contributed by atoms with Crippen LogP contribution in [-0.2, 0) is 24.2 Å². The minimum absolute atomic E-state index is 0.00659. The monoisotopic (exact) mass is 342 g/mol. The molecule has 0 radical (unpaired) electrons. The van der Waals surface area contributed by atoms with E-state index in [1.54, 1.807) is 0 Å². The summed E-state index contributed by atoms with van der Waals surface area (Å²) in [7, 11) is 0. The minimum Gasteiger partial charge on any atom is -0.355 e. The first kappa shape index (κ1) is 17.6. The third kappa shape index (κ3) is 4.06. The largest absolute Gasteiger partial charge is 0.355 e. The van der Waals surface area contributed by atoms with Crippen molar-refractivity contribution in [2.45, 2.75) is 53.0 Å². The van der Waals surface area contributed by atoms with E-state index in [0.717, 1.165) is 36.9 Å². The number of amides is 1. The SMILES string of the molecule is CC(C)CCNC(=O)Cn1cnc2nc3c(cc2c1=O)C[C@@H](C)CC3. The maximum Gasteiger partial charge on any atom is 0.263 e. The van der Waals surface area contributed by atoms with E-state index in [1.165, 1.54) is 10.9 Å². The standard InChI is InChI=1S/C19H26N4O2/c1-12(2)6-7-20-17(24)10-23-11-21-18-15(19(23)25)9-14-8-13(3)4-5-16(14)22-18/h9,11-13H,4-8,10H2,1-3H3,(H,20,24)/t13-/m0/s1. The van der Waals surface area contributed by atoms with Gasteiger partial charge in [-0.25, -0.2) is 9.97 Å². The number of rotatable bonds is 5. The van der Waals surface area contributed by atoms with E-state index in [-0.39, 0.29) is 18.0 Å². The predicted octanol–water partition coefficient (Wildman–Crippen LogP) is 2.08. The first-order chi connectivity index (χ1) is 11.9. The number of pyridine rings is 1. The Kier molecular flexibility index (Phi) is 5.16. The van der Waals surface area contributed by atoms with E-state index >= 15 is 0 Å². The van der Waals surface area contributed by atoms with E-state index in [0.29, 0.717) is 29.4 Å². The highest BCUT2D eigenvalue weighted by Gasteiger charge is 2.19. The molecule has 3 rings (SSSR count). The second-order valence-corrected chi connectivity index (χ2v) is 7.52. The fraction of sp³-hybridized carbons (Fsp3) is 0.579. The molecule has 0 unspecified atom stereocenters. The average Bonchev–Trinajstić information content (AvgIpc) is 2.56. The van der Waals surface area contributed by atoms with Gasteiger partial charge < -0.3 is 5.32 Å². The molecule has 0 bridgehead atoms. The zero-order valence-corrected chi connectivity index (χ0v) is 15.2. The Morgan fingerprint density at radius 2 is 2.24 bits per heavy atom. The molecule has 2 aromatic rings. The summed E-state index contributed by atoms with van der Waals surface area (Å²) < 4.78 is 1.37. The topological polar surface area (TPSA) is 76.9 Å². The van der Waals surface area contributed by atoms with Gasteiger partial charge in [0.25, 0.3) is 5.56 Å². The van der Waals surface area contributed by atoms with Gasteiger partial charge in [0.15, 0.2) is 5.65 Å². The van der Waals surface area contributed by atoms with Crippen LogP contribution in [0.25, 0.3) is 11.0 Å². The number of nitrogens with one attached hydrogen (secondary N) is 1. The zero-order valence-electron chi connectivity index (χ0n) is 15.2. The molecule has 0 fully saturated rings. The van der Waals surface area contributed by atoms with Crippen molar-refractivity contribution in [1.29, 1.82) is 0 Å². The fourth-order valence-corrected chi connectivity index (χ4v) is 3.25. The van der Waals surface area contributed by atoms with Crippen molar-refractivity contribution in [2.24, 2.45) is 11.8 Å². The lowest BCUT2D eigenvalue weighted by molar-refractivity contribution is -0.121. The summed E-state index contributed by atoms with van der Waals surface area (Å²) in [5.74, 6) is 0.978. The first-order valence-electron chi connectivity index (χ1n) is 9.08. The van der Waals surface area contributed by atoms with E-state index in [4.69, 9.17) is 0 Å². The molecule has 2 heterocycles. The van der Waals surface area contributed by atoms with Crippen LogP contribution >= 0.6 is 0 Å². The van der Waals surface area contributed by atoms with Crippen LogP contribution in [0.15, 0.2) is 17.2 Å². The van der Waals surface area contributed by atoms with Crippen LogP contribution in [0.2, 0.25) is 0 Å². The number of carbonyl (C=O) groups is 1. The zero-order chi connectivity index (χ0) is 18.0. The summed E-state index contributed by atoms with van der Waals surface area (Å²) in [5, 5.41) is 3.36. The van der Waals surface area contributed by atoms with Crippen molar-refractivity contribution in [2.75, 3.05) is 6.54 Å². The number of aryl methyl sites for hydroxylation is 1. The fourth-order valence-electron chi connectivity index (χ4n) is 3.25. The highest BCUT2D eigenvalue weighted by atomic mass is 16.2. The Hall–Kier alpha value is -2.24. The number of carbonyl (C=O) groups excluding carboxylic acids is 1. The molecule has 0 saturated heterocycles. The Labute approximate surface area is 147 Å². The second-order valence-electron chi connectivity index (χ2n) is 7.52. The molecule has 1 aliphatic carbocycles. The highest BCUT2D eigenvalue weighted by molar-refractivity contribution is 5.77. The van der Waals surface area contributed by atoms with Crippen molar-refractivity contribution in [3.05, 3.63) is 34.0 Å². The maximum atomic E-state index is 12.7. The van der Waals surface area contributed by atoms with Crippen LogP contribution in [0, 0.1) is 11.8 Å². The Morgan fingerprint density at radius 1 is 1.44 bits per heavy atom. The smallest absolute Gasteiger partial charge is 0.263 e. The Balaban J connectivity index is 1.82. The number of nitrogens with zero attached hydrogens (tertiary/aromatic N) is 3. The molecule has 1 atom stereocenters. The van der Waals surface area contributed by atoms with Gasteiger partial charge in [0.1, 0.15) is 12.9 Å². The number of fused-ring (bicyclic) bond motifs is 2. The average molecular weight is 342 g/mol. The molecule has 2 aromatic heterocycles. The van der Waals surface area contributed by atoms with E-state index in [2.05, 4.69) is 36.1 Å². The first-order valence-corrected chi connectivity index (χ1v) is 9.08. The lowest BCUT2D eigenvalue weighted by Crippen LogP contribution is -2.33. The van der Waals surface area contributed by atoms with Crippen LogP contribution in [0.5, 0.6) is 0 Å². The van der Waals surface area contributed by atoms with Gasteiger partial charge in [-0.2, -0.15) is 0 Å². The van der Waals surface area contributed by atoms with Crippen molar-refractivity contribution in [1.82, 2.24) is 19.9 Å². The molecule has 6 nitrogen and oxygen atoms in total. The summed E-state index contributed by atoms with van der Waals surface area (Å²) in [5.41, 5.74) is 2.48. The Bertz CT molecular complexity index is 841. The molecule has 1 N–H and O–H groups in total. The van der Waals surface area contributed by atoms with Crippen LogP contribution in [0.4, 0.5) is 0 Å². The summed E-state index contributed by atoms with van der Waals surface area (Å²) in [4.78, 5) is 33.6. The molecular formula is C19H26N4O2. The van der Waals surface area contributed by atoms with E-state index in [1.807, 2.05) is 6.07 Å². The molecule has 0 aliphatic heterocycles. The van der Waals surface area contributed by atoms with E-state index in [9.17, 15) is 9.59 Å². The second kappa shape index (κ2) is 7.33.